The van der Waals surface area contributed by atoms with E-state index in [1.807, 2.05) is 18.2 Å². The van der Waals surface area contributed by atoms with Gasteiger partial charge in [0.2, 0.25) is 5.82 Å². The molecular weight excluding hydrogens is 210 g/mol. The summed E-state index contributed by atoms with van der Waals surface area (Å²) in [5, 5.41) is 8.80. The number of nitrogens with zero attached hydrogens (tertiary/aromatic N) is 3. The third-order valence-corrected chi connectivity index (χ3v) is 3.09. The van der Waals surface area contributed by atoms with Gasteiger partial charge in [0.05, 0.1) is 5.69 Å². The van der Waals surface area contributed by atoms with E-state index in [2.05, 4.69) is 36.8 Å². The third-order valence-electron chi connectivity index (χ3n) is 3.09. The minimum Gasteiger partial charge on any atom is -0.227 e. The average Bonchev–Trinajstić information content (AvgIpc) is 2.36. The molecule has 0 unspecified atom stereocenters. The maximum absolute atomic E-state index is 8.80. The lowest BCUT2D eigenvalue weighted by molar-refractivity contribution is 1.11. The Morgan fingerprint density at radius 1 is 1.06 bits per heavy atom. The van der Waals surface area contributed by atoms with Crippen molar-refractivity contribution in [3.8, 4) is 17.3 Å². The van der Waals surface area contributed by atoms with Crippen molar-refractivity contribution in [2.24, 2.45) is 0 Å². The second-order valence-electron chi connectivity index (χ2n) is 4.06. The minimum absolute atomic E-state index is 0.208. The summed E-state index contributed by atoms with van der Waals surface area (Å²) in [7, 11) is 0. The molecule has 17 heavy (non-hydrogen) atoms. The Hall–Kier alpha value is -2.21. The summed E-state index contributed by atoms with van der Waals surface area (Å²) in [5.41, 5.74) is 5.59. The smallest absolute Gasteiger partial charge is 0.227 e. The fourth-order valence-electron chi connectivity index (χ4n) is 1.80. The van der Waals surface area contributed by atoms with Crippen LogP contribution in [-0.2, 0) is 0 Å². The first-order valence-corrected chi connectivity index (χ1v) is 5.44. The lowest BCUT2D eigenvalue weighted by atomic mass is 9.97. The summed E-state index contributed by atoms with van der Waals surface area (Å²) in [6, 6.07) is 7.91. The number of aryl methyl sites for hydroxylation is 1. The molecule has 0 aliphatic heterocycles. The van der Waals surface area contributed by atoms with Crippen LogP contribution in [0.3, 0.4) is 0 Å². The van der Waals surface area contributed by atoms with Crippen molar-refractivity contribution < 1.29 is 0 Å². The number of benzene rings is 1. The topological polar surface area (TPSA) is 49.6 Å². The van der Waals surface area contributed by atoms with Crippen LogP contribution in [0.4, 0.5) is 0 Å². The van der Waals surface area contributed by atoms with Crippen molar-refractivity contribution in [2.45, 2.75) is 20.8 Å². The maximum atomic E-state index is 8.80. The maximum Gasteiger partial charge on any atom is 0.232 e. The molecule has 0 fully saturated rings. The second-order valence-corrected chi connectivity index (χ2v) is 4.06. The molecule has 2 aromatic rings. The Kier molecular flexibility index (Phi) is 2.88. The molecule has 1 aromatic carbocycles. The van der Waals surface area contributed by atoms with Crippen molar-refractivity contribution >= 4 is 0 Å². The largest absolute Gasteiger partial charge is 0.232 e. The molecule has 3 heteroatoms. The van der Waals surface area contributed by atoms with Gasteiger partial charge in [-0.15, -0.1) is 0 Å². The summed E-state index contributed by atoms with van der Waals surface area (Å²) in [6.07, 6.45) is 1.62. The van der Waals surface area contributed by atoms with Gasteiger partial charge in [-0.1, -0.05) is 12.1 Å². The van der Waals surface area contributed by atoms with E-state index >= 15 is 0 Å². The molecule has 2 rings (SSSR count). The molecule has 0 atom stereocenters. The number of hydrogen-bond donors (Lipinski definition) is 0. The first-order chi connectivity index (χ1) is 8.13. The zero-order valence-corrected chi connectivity index (χ0v) is 10.2. The van der Waals surface area contributed by atoms with Gasteiger partial charge in [0.15, 0.2) is 0 Å². The van der Waals surface area contributed by atoms with E-state index in [0.717, 1.165) is 11.3 Å². The Labute approximate surface area is 101 Å². The number of hydrogen-bond acceptors (Lipinski definition) is 3. The SMILES string of the molecule is Cc1ccc(-c2ccnc(C#N)n2)c(C)c1C. The number of rotatable bonds is 1. The molecule has 1 heterocycles. The molecular formula is C14H13N3. The molecule has 0 saturated carbocycles. The third kappa shape index (κ3) is 2.02. The van der Waals surface area contributed by atoms with Gasteiger partial charge in [-0.2, -0.15) is 5.26 Å². The average molecular weight is 223 g/mol. The van der Waals surface area contributed by atoms with E-state index in [1.54, 1.807) is 6.20 Å². The Morgan fingerprint density at radius 3 is 2.53 bits per heavy atom. The van der Waals surface area contributed by atoms with Crippen molar-refractivity contribution in [3.05, 3.63) is 46.9 Å². The summed E-state index contributed by atoms with van der Waals surface area (Å²) < 4.78 is 0. The predicted octanol–water partition coefficient (Wildman–Crippen LogP) is 2.94. The van der Waals surface area contributed by atoms with E-state index < -0.39 is 0 Å². The van der Waals surface area contributed by atoms with E-state index in [4.69, 9.17) is 5.26 Å². The van der Waals surface area contributed by atoms with Gasteiger partial charge in [0, 0.05) is 11.8 Å². The highest BCUT2D eigenvalue weighted by molar-refractivity contribution is 5.65. The van der Waals surface area contributed by atoms with Crippen molar-refractivity contribution in [2.75, 3.05) is 0 Å². The van der Waals surface area contributed by atoms with Gasteiger partial charge in [-0.05, 0) is 43.5 Å². The van der Waals surface area contributed by atoms with Crippen LogP contribution in [0.15, 0.2) is 24.4 Å². The zero-order valence-electron chi connectivity index (χ0n) is 10.2. The summed E-state index contributed by atoms with van der Waals surface area (Å²) in [6.45, 7) is 6.26. The summed E-state index contributed by atoms with van der Waals surface area (Å²) in [5.74, 6) is 0.208. The molecule has 84 valence electrons. The van der Waals surface area contributed by atoms with Gasteiger partial charge in [-0.25, -0.2) is 9.97 Å². The fraction of sp³-hybridized carbons (Fsp3) is 0.214. The van der Waals surface area contributed by atoms with Crippen LogP contribution < -0.4 is 0 Å². The lowest BCUT2D eigenvalue weighted by Gasteiger charge is -2.10. The van der Waals surface area contributed by atoms with E-state index in [-0.39, 0.29) is 5.82 Å². The predicted molar refractivity (Wildman–Crippen MR) is 66.4 cm³/mol. The molecule has 0 saturated heterocycles. The quantitative estimate of drug-likeness (QED) is 0.746. The summed E-state index contributed by atoms with van der Waals surface area (Å²) >= 11 is 0. The normalized spacial score (nSPS) is 10.0. The molecule has 0 aliphatic carbocycles. The van der Waals surface area contributed by atoms with Gasteiger partial charge in [0.1, 0.15) is 6.07 Å². The van der Waals surface area contributed by atoms with E-state index in [9.17, 15) is 0 Å². The first-order valence-electron chi connectivity index (χ1n) is 5.44. The molecule has 0 N–H and O–H groups in total. The van der Waals surface area contributed by atoms with Crippen LogP contribution in [0.1, 0.15) is 22.5 Å². The van der Waals surface area contributed by atoms with E-state index in [1.165, 1.54) is 16.7 Å². The first kappa shape index (κ1) is 11.3. The van der Waals surface area contributed by atoms with Crippen LogP contribution in [0, 0.1) is 32.1 Å². The molecule has 0 amide bonds. The highest BCUT2D eigenvalue weighted by Crippen LogP contribution is 2.25. The molecule has 0 bridgehead atoms. The molecule has 1 aromatic heterocycles. The highest BCUT2D eigenvalue weighted by atomic mass is 14.9. The fourth-order valence-corrected chi connectivity index (χ4v) is 1.80. The molecule has 0 radical (unpaired) electrons. The highest BCUT2D eigenvalue weighted by Gasteiger charge is 2.08. The summed E-state index contributed by atoms with van der Waals surface area (Å²) in [4.78, 5) is 8.10. The molecule has 0 spiro atoms. The van der Waals surface area contributed by atoms with Gasteiger partial charge in [0.25, 0.3) is 0 Å². The minimum atomic E-state index is 0.208. The number of aromatic nitrogens is 2. The van der Waals surface area contributed by atoms with Gasteiger partial charge >= 0.3 is 0 Å². The van der Waals surface area contributed by atoms with Crippen LogP contribution in [0.25, 0.3) is 11.3 Å². The molecule has 3 nitrogen and oxygen atoms in total. The number of nitriles is 1. The Bertz CT molecular complexity index is 609. The zero-order chi connectivity index (χ0) is 12.4. The Balaban J connectivity index is 2.61. The second kappa shape index (κ2) is 4.34. The van der Waals surface area contributed by atoms with Crippen LogP contribution in [-0.4, -0.2) is 9.97 Å². The van der Waals surface area contributed by atoms with Crippen LogP contribution >= 0.6 is 0 Å². The van der Waals surface area contributed by atoms with Gasteiger partial charge in [-0.3, -0.25) is 0 Å². The lowest BCUT2D eigenvalue weighted by Crippen LogP contribution is -1.95. The van der Waals surface area contributed by atoms with Crippen LogP contribution in [0.2, 0.25) is 0 Å². The standard InChI is InChI=1S/C14H13N3/c1-9-4-5-12(11(3)10(9)2)13-6-7-16-14(8-15)17-13/h4-7H,1-3H3. The van der Waals surface area contributed by atoms with Crippen molar-refractivity contribution in [1.82, 2.24) is 9.97 Å². The monoisotopic (exact) mass is 223 g/mol. The Morgan fingerprint density at radius 2 is 1.82 bits per heavy atom. The van der Waals surface area contributed by atoms with Gasteiger partial charge < -0.3 is 0 Å². The van der Waals surface area contributed by atoms with Crippen LogP contribution in [0.5, 0.6) is 0 Å². The van der Waals surface area contributed by atoms with Crippen molar-refractivity contribution in [1.29, 1.82) is 5.26 Å². The van der Waals surface area contributed by atoms with Crippen molar-refractivity contribution in [3.63, 3.8) is 0 Å². The van der Waals surface area contributed by atoms with E-state index in [0.29, 0.717) is 0 Å². The molecule has 0 aliphatic rings.